The van der Waals surface area contributed by atoms with Gasteiger partial charge in [-0.25, -0.2) is 4.67 Å². The molecule has 4 aromatic rings. The van der Waals surface area contributed by atoms with E-state index in [4.69, 9.17) is 23.8 Å². The Kier molecular flexibility index (Phi) is 14.9. The van der Waals surface area contributed by atoms with Crippen LogP contribution in [0.2, 0.25) is 0 Å². The van der Waals surface area contributed by atoms with Gasteiger partial charge in [0.05, 0.1) is 19.1 Å². The molecule has 1 heterocycles. The van der Waals surface area contributed by atoms with Gasteiger partial charge in [0.25, 0.3) is 5.91 Å². The van der Waals surface area contributed by atoms with Gasteiger partial charge in [-0.15, -0.1) is 0 Å². The third-order valence-corrected chi connectivity index (χ3v) is 11.4. The van der Waals surface area contributed by atoms with Gasteiger partial charge < -0.3 is 39.6 Å². The average Bonchev–Trinajstić information content (AvgIpc) is 3.19. The Morgan fingerprint density at radius 3 is 1.85 bits per heavy atom. The molecule has 20 heteroatoms. The van der Waals surface area contributed by atoms with Crippen molar-refractivity contribution in [2.45, 2.75) is 77.6 Å². The standard InChI is InChI=1S/C42H42F6N5O8P/c1-24(2)53(25(3)4)62(59-18-6-17-49)61-31-13-8-27(9-14-31)22-50-37(55)28-10-7-26(5)34(19-28)40(58-23-54)32-15-11-29(51-38(56)41(43,44)45)20-35(32)60-36-21-30(12-16-33(36)40)52-39(57)42(46,47)48/h7-16,19-21,24-25,54H,6,18,22-23H2,1-5H3,(H,50,55)(H,51,56)(H,52,57). The summed E-state index contributed by atoms with van der Waals surface area (Å²) in [6.45, 7) is 8.98. The zero-order valence-electron chi connectivity index (χ0n) is 33.9. The number of halogens is 6. The largest absolute Gasteiger partial charge is 0.471 e. The number of hydrogen-bond donors (Lipinski definition) is 4. The third-order valence-electron chi connectivity index (χ3n) is 9.35. The first-order valence-corrected chi connectivity index (χ1v) is 20.0. The van der Waals surface area contributed by atoms with Crippen LogP contribution >= 0.6 is 8.53 Å². The van der Waals surface area contributed by atoms with E-state index in [0.29, 0.717) is 16.9 Å². The number of anilines is 2. The van der Waals surface area contributed by atoms with Crippen LogP contribution in [0.5, 0.6) is 17.2 Å². The van der Waals surface area contributed by atoms with Crippen LogP contribution in [0.3, 0.4) is 0 Å². The Hall–Kier alpha value is -5.77. The molecule has 62 heavy (non-hydrogen) atoms. The fourth-order valence-corrected chi connectivity index (χ4v) is 8.29. The van der Waals surface area contributed by atoms with Gasteiger partial charge in [-0.05, 0) is 99.8 Å². The molecule has 0 saturated heterocycles. The van der Waals surface area contributed by atoms with Crippen LogP contribution in [0.4, 0.5) is 37.7 Å². The van der Waals surface area contributed by atoms with E-state index in [0.717, 1.165) is 24.3 Å². The summed E-state index contributed by atoms with van der Waals surface area (Å²) < 4.78 is 105. The second kappa shape index (κ2) is 19.5. The maximum atomic E-state index is 13.8. The van der Waals surface area contributed by atoms with Crippen LogP contribution < -0.4 is 25.2 Å². The highest BCUT2D eigenvalue weighted by atomic mass is 31.2. The smallest absolute Gasteiger partial charge is 0.456 e. The molecular weight excluding hydrogens is 847 g/mol. The van der Waals surface area contributed by atoms with Crippen molar-refractivity contribution in [3.8, 4) is 23.3 Å². The average molecular weight is 890 g/mol. The van der Waals surface area contributed by atoms with Crippen molar-refractivity contribution >= 4 is 37.6 Å². The van der Waals surface area contributed by atoms with Gasteiger partial charge in [-0.3, -0.25) is 14.4 Å². The highest BCUT2D eigenvalue weighted by Gasteiger charge is 2.47. The molecule has 1 atom stereocenters. The number of rotatable bonds is 16. The molecule has 0 spiro atoms. The van der Waals surface area contributed by atoms with Gasteiger partial charge >= 0.3 is 32.7 Å². The molecule has 3 amide bonds. The molecule has 4 aromatic carbocycles. The number of alkyl halides is 6. The number of nitrogens with zero attached hydrogens (tertiary/aromatic N) is 2. The molecule has 0 fully saturated rings. The van der Waals surface area contributed by atoms with Crippen molar-refractivity contribution < 1.29 is 64.4 Å². The van der Waals surface area contributed by atoms with Crippen molar-refractivity contribution in [3.63, 3.8) is 0 Å². The van der Waals surface area contributed by atoms with Gasteiger partial charge in [0.1, 0.15) is 24.0 Å². The van der Waals surface area contributed by atoms with E-state index in [2.05, 4.69) is 16.1 Å². The first-order valence-electron chi connectivity index (χ1n) is 18.9. The monoisotopic (exact) mass is 889 g/mol. The first-order chi connectivity index (χ1) is 29.2. The van der Waals surface area contributed by atoms with Gasteiger partial charge in [0.15, 0.2) is 5.60 Å². The lowest BCUT2D eigenvalue weighted by Gasteiger charge is -2.41. The Morgan fingerprint density at radius 2 is 1.37 bits per heavy atom. The number of carbonyl (C=O) groups is 3. The number of fused-ring (bicyclic) bond motifs is 2. The lowest BCUT2D eigenvalue weighted by molar-refractivity contribution is -0.167. The minimum atomic E-state index is -5.25. The van der Waals surface area contributed by atoms with E-state index in [1.807, 2.05) is 27.7 Å². The number of nitriles is 1. The molecule has 0 aliphatic carbocycles. The fraction of sp³-hybridized carbons (Fsp3) is 0.333. The number of ether oxygens (including phenoxy) is 2. The van der Waals surface area contributed by atoms with Crippen LogP contribution in [-0.2, 0) is 31.0 Å². The maximum absolute atomic E-state index is 13.8. The molecule has 0 aromatic heterocycles. The lowest BCUT2D eigenvalue weighted by Crippen LogP contribution is -2.37. The van der Waals surface area contributed by atoms with Gasteiger partial charge in [0, 0.05) is 58.8 Å². The summed E-state index contributed by atoms with van der Waals surface area (Å²) >= 11 is 0. The molecule has 0 saturated carbocycles. The van der Waals surface area contributed by atoms with Crippen molar-refractivity contribution in [3.05, 3.63) is 112 Å². The molecule has 1 unspecified atom stereocenters. The number of nitrogens with one attached hydrogen (secondary N) is 3. The molecule has 1 aliphatic heterocycles. The van der Waals surface area contributed by atoms with Gasteiger partial charge in [-0.1, -0.05) is 18.2 Å². The maximum Gasteiger partial charge on any atom is 0.471 e. The minimum absolute atomic E-state index is 0.0660. The number of amides is 3. The van der Waals surface area contributed by atoms with Gasteiger partial charge in [0.2, 0.25) is 0 Å². The van der Waals surface area contributed by atoms with Crippen molar-refractivity contribution in [2.24, 2.45) is 0 Å². The van der Waals surface area contributed by atoms with E-state index in [9.17, 15) is 45.8 Å². The van der Waals surface area contributed by atoms with Crippen LogP contribution in [0, 0.1) is 18.3 Å². The van der Waals surface area contributed by atoms with E-state index in [-0.39, 0.29) is 76.8 Å². The Bertz CT molecular complexity index is 2230. The van der Waals surface area contributed by atoms with Crippen LogP contribution in [0.15, 0.2) is 78.9 Å². The fourth-order valence-electron chi connectivity index (χ4n) is 6.71. The second-order valence-electron chi connectivity index (χ2n) is 14.4. The van der Waals surface area contributed by atoms with Crippen LogP contribution in [0.1, 0.15) is 72.3 Å². The molecule has 1 aliphatic rings. The molecule has 13 nitrogen and oxygen atoms in total. The molecular formula is C42H42F6N5O8P. The van der Waals surface area contributed by atoms with Crippen LogP contribution in [-0.4, -0.2) is 65.3 Å². The number of aliphatic hydroxyl groups is 1. The van der Waals surface area contributed by atoms with Crippen molar-refractivity contribution in [2.75, 3.05) is 24.0 Å². The third kappa shape index (κ3) is 10.8. The van der Waals surface area contributed by atoms with E-state index in [1.54, 1.807) is 47.9 Å². The molecule has 5 rings (SSSR count). The Labute approximate surface area is 353 Å². The SMILES string of the molecule is Cc1ccc(C(=O)NCc2ccc(OP(OCCC#N)N(C(C)C)C(C)C)cc2)cc1C1(OCO)c2ccc(NC(=O)C(F)(F)F)cc2Oc2cc(NC(=O)C(F)(F)F)ccc21. The summed E-state index contributed by atoms with van der Waals surface area (Å²) in [7, 11) is -1.56. The molecule has 4 N–H and O–H groups in total. The normalized spacial score (nSPS) is 13.7. The first kappa shape index (κ1) is 47.3. The highest BCUT2D eigenvalue weighted by molar-refractivity contribution is 7.45. The molecule has 0 bridgehead atoms. The molecule has 0 radical (unpaired) electrons. The van der Waals surface area contributed by atoms with Crippen LogP contribution in [0.25, 0.3) is 0 Å². The number of aryl methyl sites for hydroxylation is 1. The lowest BCUT2D eigenvalue weighted by atomic mass is 9.75. The Balaban J connectivity index is 1.48. The zero-order chi connectivity index (χ0) is 45.6. The van der Waals surface area contributed by atoms with Crippen molar-refractivity contribution in [1.82, 2.24) is 9.99 Å². The van der Waals surface area contributed by atoms with E-state index < -0.39 is 51.0 Å². The predicted octanol–water partition coefficient (Wildman–Crippen LogP) is 8.95. The summed E-state index contributed by atoms with van der Waals surface area (Å²) in [6.07, 6.45) is -10.3. The number of aliphatic hydroxyl groups excluding tert-OH is 1. The van der Waals surface area contributed by atoms with E-state index >= 15 is 0 Å². The highest BCUT2D eigenvalue weighted by Crippen LogP contribution is 2.54. The van der Waals surface area contributed by atoms with E-state index in [1.165, 1.54) is 24.3 Å². The Morgan fingerprint density at radius 1 is 0.823 bits per heavy atom. The zero-order valence-corrected chi connectivity index (χ0v) is 34.8. The number of hydrogen-bond acceptors (Lipinski definition) is 10. The summed E-state index contributed by atoms with van der Waals surface area (Å²) in [4.78, 5) is 37.4. The summed E-state index contributed by atoms with van der Waals surface area (Å²) in [5.41, 5.74) is -1.06. The molecule has 330 valence electrons. The minimum Gasteiger partial charge on any atom is -0.456 e. The summed E-state index contributed by atoms with van der Waals surface area (Å²) in [6, 6.07) is 20.6. The quantitative estimate of drug-likeness (QED) is 0.0369. The topological polar surface area (TPSA) is 171 Å². The second-order valence-corrected chi connectivity index (χ2v) is 15.8. The summed E-state index contributed by atoms with van der Waals surface area (Å²) in [5, 5.41) is 25.6. The summed E-state index contributed by atoms with van der Waals surface area (Å²) in [5.74, 6) is -5.12. The predicted molar refractivity (Wildman–Crippen MR) is 215 cm³/mol. The number of benzene rings is 4. The number of carbonyl (C=O) groups excluding carboxylic acids is 3. The van der Waals surface area contributed by atoms with Gasteiger partial charge in [-0.2, -0.15) is 31.6 Å². The van der Waals surface area contributed by atoms with Crippen molar-refractivity contribution in [1.29, 1.82) is 5.26 Å².